The first-order valence-corrected chi connectivity index (χ1v) is 10.6. The largest absolute Gasteiger partial charge is 0.399 e. The summed E-state index contributed by atoms with van der Waals surface area (Å²) in [4.78, 5) is 0. The van der Waals surface area contributed by atoms with E-state index >= 15 is 0 Å². The predicted molar refractivity (Wildman–Crippen MR) is 72.8 cm³/mol. The molecule has 0 unspecified atom stereocenters. The van der Waals surface area contributed by atoms with Crippen molar-refractivity contribution in [3.8, 4) is 0 Å². The molecule has 0 spiro atoms. The molecular formula is C11H24O4SSi. The van der Waals surface area contributed by atoms with Crippen molar-refractivity contribution in [3.63, 3.8) is 0 Å². The molecule has 0 aromatic rings. The van der Waals surface area contributed by atoms with Crippen molar-refractivity contribution in [2.75, 3.05) is 13.2 Å². The summed E-state index contributed by atoms with van der Waals surface area (Å²) in [5, 5.41) is 0. The fourth-order valence-electron chi connectivity index (χ4n) is 1.13. The highest BCUT2D eigenvalue weighted by atomic mass is 32.3. The van der Waals surface area contributed by atoms with E-state index in [9.17, 15) is 8.42 Å². The Morgan fingerprint density at radius 3 is 2.18 bits per heavy atom. The molecule has 0 saturated heterocycles. The van der Waals surface area contributed by atoms with Crippen LogP contribution in [0.3, 0.4) is 0 Å². The molecule has 6 heteroatoms. The highest BCUT2D eigenvalue weighted by molar-refractivity contribution is 7.81. The highest BCUT2D eigenvalue weighted by Gasteiger charge is 2.16. The van der Waals surface area contributed by atoms with Crippen LogP contribution < -0.4 is 0 Å². The lowest BCUT2D eigenvalue weighted by Gasteiger charge is -2.16. The van der Waals surface area contributed by atoms with Crippen molar-refractivity contribution >= 4 is 18.5 Å². The van der Waals surface area contributed by atoms with Crippen LogP contribution in [0, 0.1) is 0 Å². The molecule has 0 rings (SSSR count). The average Bonchev–Trinajstić information content (AvgIpc) is 2.25. The van der Waals surface area contributed by atoms with Crippen molar-refractivity contribution in [1.82, 2.24) is 0 Å². The number of rotatable bonds is 10. The van der Waals surface area contributed by atoms with E-state index in [1.807, 2.05) is 12.6 Å². The molecular weight excluding hydrogens is 256 g/mol. The second-order valence-corrected chi connectivity index (χ2v) is 10.9. The first-order chi connectivity index (χ1) is 7.83. The molecule has 4 nitrogen and oxygen atoms in total. The zero-order valence-electron chi connectivity index (χ0n) is 11.1. The van der Waals surface area contributed by atoms with Crippen LogP contribution in [-0.2, 0) is 18.8 Å². The lowest BCUT2D eigenvalue weighted by atomic mass is 10.4. The molecule has 102 valence electrons. The van der Waals surface area contributed by atoms with Crippen molar-refractivity contribution in [1.29, 1.82) is 0 Å². The molecule has 0 N–H and O–H groups in total. The van der Waals surface area contributed by atoms with E-state index in [4.69, 9.17) is 4.18 Å². The van der Waals surface area contributed by atoms with E-state index in [0.29, 0.717) is 0 Å². The summed E-state index contributed by atoms with van der Waals surface area (Å²) in [6.45, 7) is 10.5. The number of hydrogen-bond donors (Lipinski definition) is 0. The first kappa shape index (κ1) is 16.8. The van der Waals surface area contributed by atoms with Crippen molar-refractivity contribution < 1.29 is 16.8 Å². The van der Waals surface area contributed by atoms with Crippen molar-refractivity contribution in [2.24, 2.45) is 0 Å². The molecule has 0 amide bonds. The van der Waals surface area contributed by atoms with E-state index in [-0.39, 0.29) is 13.2 Å². The summed E-state index contributed by atoms with van der Waals surface area (Å²) in [5.74, 6) is 0. The van der Waals surface area contributed by atoms with Crippen LogP contribution in [0.1, 0.15) is 26.2 Å². The summed E-state index contributed by atoms with van der Waals surface area (Å²) in [7, 11) is -5.15. The van der Waals surface area contributed by atoms with Gasteiger partial charge < -0.3 is 0 Å². The van der Waals surface area contributed by atoms with E-state index in [0.717, 1.165) is 25.3 Å². The molecule has 0 radical (unpaired) electrons. The van der Waals surface area contributed by atoms with Gasteiger partial charge in [-0.2, -0.15) is 8.42 Å². The van der Waals surface area contributed by atoms with Crippen LogP contribution in [0.4, 0.5) is 0 Å². The van der Waals surface area contributed by atoms with Gasteiger partial charge in [-0.1, -0.05) is 32.5 Å². The van der Waals surface area contributed by atoms with E-state index in [1.54, 1.807) is 0 Å². The maximum Gasteiger partial charge on any atom is 0.399 e. The Morgan fingerprint density at radius 2 is 1.71 bits per heavy atom. The zero-order chi connectivity index (χ0) is 13.4. The molecule has 0 aliphatic carbocycles. The summed E-state index contributed by atoms with van der Waals surface area (Å²) in [6.07, 6.45) is 2.34. The summed E-state index contributed by atoms with van der Waals surface area (Å²) in [5.41, 5.74) is 2.00. The number of unbranched alkanes of at least 4 members (excludes halogenated alkanes) is 1. The Balaban J connectivity index is 3.77. The first-order valence-electron chi connectivity index (χ1n) is 6.00. The highest BCUT2D eigenvalue weighted by Crippen LogP contribution is 2.13. The molecule has 0 fully saturated rings. The molecule has 0 aliphatic rings. The Morgan fingerprint density at radius 1 is 1.18 bits per heavy atom. The third-order valence-corrected chi connectivity index (χ3v) is 6.13. The zero-order valence-corrected chi connectivity index (χ0v) is 12.9. The smallest absolute Gasteiger partial charge is 0.248 e. The molecule has 17 heavy (non-hydrogen) atoms. The van der Waals surface area contributed by atoms with Gasteiger partial charge in [0.15, 0.2) is 0 Å². The van der Waals surface area contributed by atoms with Crippen LogP contribution in [0.15, 0.2) is 12.3 Å². The molecule has 0 aliphatic heterocycles. The molecule has 0 saturated carbocycles. The fraction of sp³-hybridized carbons (Fsp3) is 0.818. The molecule has 0 heterocycles. The van der Waals surface area contributed by atoms with Gasteiger partial charge in [-0.05, 0) is 12.8 Å². The predicted octanol–water partition coefficient (Wildman–Crippen LogP) is 2.89. The normalized spacial score (nSPS) is 12.6. The minimum Gasteiger partial charge on any atom is -0.248 e. The Kier molecular flexibility index (Phi) is 7.94. The van der Waals surface area contributed by atoms with Crippen LogP contribution in [0.5, 0.6) is 0 Å². The van der Waals surface area contributed by atoms with Gasteiger partial charge in [0.25, 0.3) is 0 Å². The van der Waals surface area contributed by atoms with Gasteiger partial charge in [0.2, 0.25) is 0 Å². The molecule has 0 bridgehead atoms. The standard InChI is InChI=1S/C11H24O4SSi/c1-5-7-9-14-16(12,13)15-10-8-11-17(3,4)6-2/h6H,2,5,7-11H2,1,3-4H3. The lowest BCUT2D eigenvalue weighted by molar-refractivity contribution is 0.212. The van der Waals surface area contributed by atoms with Gasteiger partial charge in [0, 0.05) is 0 Å². The SMILES string of the molecule is C=C[Si](C)(C)CCCOS(=O)(=O)OCCCC. The summed E-state index contributed by atoms with van der Waals surface area (Å²) in [6, 6.07) is 0.973. The third-order valence-electron chi connectivity index (χ3n) is 2.47. The minimum atomic E-state index is -3.79. The summed E-state index contributed by atoms with van der Waals surface area (Å²) >= 11 is 0. The van der Waals surface area contributed by atoms with Crippen molar-refractivity contribution in [3.05, 3.63) is 12.3 Å². The van der Waals surface area contributed by atoms with E-state index < -0.39 is 18.5 Å². The molecule has 0 aromatic heterocycles. The van der Waals surface area contributed by atoms with Gasteiger partial charge in [0.05, 0.1) is 21.3 Å². The van der Waals surface area contributed by atoms with E-state index in [2.05, 4.69) is 23.9 Å². The lowest BCUT2D eigenvalue weighted by Crippen LogP contribution is -2.22. The quantitative estimate of drug-likeness (QED) is 0.456. The number of hydrogen-bond acceptors (Lipinski definition) is 4. The van der Waals surface area contributed by atoms with Gasteiger partial charge in [-0.15, -0.1) is 12.3 Å². The van der Waals surface area contributed by atoms with Gasteiger partial charge in [0.1, 0.15) is 0 Å². The molecule has 0 aromatic carbocycles. The van der Waals surface area contributed by atoms with Gasteiger partial charge >= 0.3 is 10.4 Å². The summed E-state index contributed by atoms with van der Waals surface area (Å²) < 4.78 is 31.9. The van der Waals surface area contributed by atoms with Crippen LogP contribution in [0.2, 0.25) is 19.1 Å². The second kappa shape index (κ2) is 8.02. The second-order valence-electron chi connectivity index (χ2n) is 4.70. The van der Waals surface area contributed by atoms with Gasteiger partial charge in [-0.25, -0.2) is 8.37 Å². The third kappa shape index (κ3) is 9.52. The van der Waals surface area contributed by atoms with Crippen LogP contribution in [-0.4, -0.2) is 29.7 Å². The Hall–Kier alpha value is -0.173. The van der Waals surface area contributed by atoms with Crippen LogP contribution >= 0.6 is 0 Å². The van der Waals surface area contributed by atoms with Gasteiger partial charge in [-0.3, -0.25) is 0 Å². The maximum atomic E-state index is 11.2. The Bertz CT molecular complexity index is 311. The van der Waals surface area contributed by atoms with Crippen LogP contribution in [0.25, 0.3) is 0 Å². The topological polar surface area (TPSA) is 52.6 Å². The van der Waals surface area contributed by atoms with E-state index in [1.165, 1.54) is 0 Å². The average molecular weight is 280 g/mol. The minimum absolute atomic E-state index is 0.193. The Labute approximate surface area is 106 Å². The monoisotopic (exact) mass is 280 g/mol. The molecule has 0 atom stereocenters. The fourth-order valence-corrected chi connectivity index (χ4v) is 3.10. The maximum absolute atomic E-state index is 11.2. The van der Waals surface area contributed by atoms with Crippen molar-refractivity contribution in [2.45, 2.75) is 45.3 Å².